The van der Waals surface area contributed by atoms with Gasteiger partial charge in [-0.15, -0.1) is 0 Å². The van der Waals surface area contributed by atoms with Crippen LogP contribution in [0.3, 0.4) is 0 Å². The third kappa shape index (κ3) is 0.863. The van der Waals surface area contributed by atoms with E-state index in [1.807, 2.05) is 0 Å². The van der Waals surface area contributed by atoms with Gasteiger partial charge < -0.3 is 15.3 Å². The minimum Gasteiger partial charge on any atom is -0.508 e. The molecule has 0 aliphatic heterocycles. The number of allylic oxidation sites excluding steroid dienone is 2. The summed E-state index contributed by atoms with van der Waals surface area (Å²) in [6.45, 7) is -0.326. The third-order valence-electron chi connectivity index (χ3n) is 1.54. The Labute approximate surface area is 57.4 Å². The summed E-state index contributed by atoms with van der Waals surface area (Å²) in [5.74, 6) is -2.12. The minimum atomic E-state index is -0.639. The molecule has 1 rings (SSSR count). The number of hydrogen-bond donors (Lipinski definition) is 3. The average Bonchev–Trinajstić information content (AvgIpc) is 2.17. The molecule has 0 aromatic rings. The summed E-state index contributed by atoms with van der Waals surface area (Å²) in [5.41, 5.74) is 0. The predicted octanol–water partition coefficient (Wildman–Crippen LogP) is -0.105. The monoisotopic (exact) mass is 144 g/mol. The van der Waals surface area contributed by atoms with Crippen molar-refractivity contribution in [1.29, 1.82) is 0 Å². The Morgan fingerprint density at radius 2 is 2.10 bits per heavy atom. The average molecular weight is 144 g/mol. The molecule has 0 bridgehead atoms. The summed E-state index contributed by atoms with van der Waals surface area (Å²) in [5, 5.41) is 26.0. The SMILES string of the molecule is O=C1C(O)=C(O)CC1CO. The molecular formula is C6H8O4. The fourth-order valence-electron chi connectivity index (χ4n) is 0.906. The van der Waals surface area contributed by atoms with E-state index < -0.39 is 17.5 Å². The number of ketones is 1. The molecule has 0 radical (unpaired) electrons. The van der Waals surface area contributed by atoms with E-state index in [0.717, 1.165) is 0 Å². The maximum Gasteiger partial charge on any atom is 0.206 e. The molecule has 1 unspecified atom stereocenters. The highest BCUT2D eigenvalue weighted by atomic mass is 16.3. The molecule has 56 valence electrons. The lowest BCUT2D eigenvalue weighted by Gasteiger charge is -1.99. The summed E-state index contributed by atoms with van der Waals surface area (Å²) in [6.07, 6.45) is 0.0567. The van der Waals surface area contributed by atoms with Gasteiger partial charge in [0.15, 0.2) is 5.76 Å². The van der Waals surface area contributed by atoms with E-state index in [1.165, 1.54) is 0 Å². The van der Waals surface area contributed by atoms with E-state index in [4.69, 9.17) is 15.3 Å². The Morgan fingerprint density at radius 3 is 2.30 bits per heavy atom. The van der Waals surface area contributed by atoms with Crippen molar-refractivity contribution in [1.82, 2.24) is 0 Å². The van der Waals surface area contributed by atoms with Crippen LogP contribution >= 0.6 is 0 Å². The van der Waals surface area contributed by atoms with E-state index in [-0.39, 0.29) is 18.8 Å². The number of Topliss-reactive ketones (excluding diaryl/α,β-unsaturated/α-hetero) is 1. The summed E-state index contributed by atoms with van der Waals surface area (Å²) in [4.78, 5) is 10.7. The first-order valence-corrected chi connectivity index (χ1v) is 2.93. The second-order valence-corrected chi connectivity index (χ2v) is 2.24. The van der Waals surface area contributed by atoms with E-state index >= 15 is 0 Å². The fraction of sp³-hybridized carbons (Fsp3) is 0.500. The van der Waals surface area contributed by atoms with Gasteiger partial charge in [-0.3, -0.25) is 4.79 Å². The van der Waals surface area contributed by atoms with Gasteiger partial charge in [0.25, 0.3) is 0 Å². The molecule has 3 N–H and O–H groups in total. The van der Waals surface area contributed by atoms with Crippen LogP contribution in [0.1, 0.15) is 6.42 Å². The Morgan fingerprint density at radius 1 is 1.50 bits per heavy atom. The van der Waals surface area contributed by atoms with E-state index in [1.54, 1.807) is 0 Å². The van der Waals surface area contributed by atoms with E-state index in [9.17, 15) is 4.79 Å². The Kier molecular flexibility index (Phi) is 1.63. The zero-order valence-corrected chi connectivity index (χ0v) is 5.24. The first kappa shape index (κ1) is 7.08. The molecular weight excluding hydrogens is 136 g/mol. The van der Waals surface area contributed by atoms with E-state index in [2.05, 4.69) is 0 Å². The number of hydrogen-bond acceptors (Lipinski definition) is 4. The Balaban J connectivity index is 2.77. The molecule has 1 aliphatic rings. The zero-order valence-electron chi connectivity index (χ0n) is 5.24. The lowest BCUT2D eigenvalue weighted by molar-refractivity contribution is -0.121. The van der Waals surface area contributed by atoms with Crippen molar-refractivity contribution in [2.45, 2.75) is 6.42 Å². The summed E-state index contributed by atoms with van der Waals surface area (Å²) >= 11 is 0. The van der Waals surface area contributed by atoms with Gasteiger partial charge in [0.2, 0.25) is 5.78 Å². The zero-order chi connectivity index (χ0) is 7.72. The molecule has 1 atom stereocenters. The van der Waals surface area contributed by atoms with Crippen molar-refractivity contribution >= 4 is 5.78 Å². The number of carbonyl (C=O) groups excluding carboxylic acids is 1. The molecule has 1 aliphatic carbocycles. The number of aliphatic hydroxyl groups is 3. The van der Waals surface area contributed by atoms with Gasteiger partial charge in [-0.25, -0.2) is 0 Å². The van der Waals surface area contributed by atoms with Crippen LogP contribution in [-0.2, 0) is 4.79 Å². The maximum absolute atomic E-state index is 10.7. The first-order chi connectivity index (χ1) is 4.66. The van der Waals surface area contributed by atoms with Crippen LogP contribution < -0.4 is 0 Å². The first-order valence-electron chi connectivity index (χ1n) is 2.93. The van der Waals surface area contributed by atoms with Crippen molar-refractivity contribution in [2.75, 3.05) is 6.61 Å². The number of carbonyl (C=O) groups is 1. The summed E-state index contributed by atoms with van der Waals surface area (Å²) in [6, 6.07) is 0. The lowest BCUT2D eigenvalue weighted by Crippen LogP contribution is -2.13. The summed E-state index contributed by atoms with van der Waals surface area (Å²) < 4.78 is 0. The Bertz CT molecular complexity index is 194. The van der Waals surface area contributed by atoms with Crippen LogP contribution in [0.15, 0.2) is 11.5 Å². The highest BCUT2D eigenvalue weighted by Gasteiger charge is 2.32. The molecule has 0 heterocycles. The van der Waals surface area contributed by atoms with Gasteiger partial charge >= 0.3 is 0 Å². The van der Waals surface area contributed by atoms with Crippen LogP contribution in [0.25, 0.3) is 0 Å². The molecule has 4 nitrogen and oxygen atoms in total. The van der Waals surface area contributed by atoms with Crippen LogP contribution in [0, 0.1) is 5.92 Å². The van der Waals surface area contributed by atoms with Crippen LogP contribution in [-0.4, -0.2) is 27.7 Å². The van der Waals surface area contributed by atoms with Gasteiger partial charge in [-0.2, -0.15) is 0 Å². The molecule has 0 spiro atoms. The second kappa shape index (κ2) is 2.30. The molecule has 0 amide bonds. The largest absolute Gasteiger partial charge is 0.508 e. The smallest absolute Gasteiger partial charge is 0.206 e. The number of aliphatic hydroxyl groups excluding tert-OH is 3. The number of rotatable bonds is 1. The van der Waals surface area contributed by atoms with Gasteiger partial charge in [-0.1, -0.05) is 0 Å². The molecule has 0 aromatic carbocycles. The maximum atomic E-state index is 10.7. The minimum absolute atomic E-state index is 0.0567. The van der Waals surface area contributed by atoms with Crippen molar-refractivity contribution < 1.29 is 20.1 Å². The highest BCUT2D eigenvalue weighted by molar-refractivity contribution is 5.97. The lowest BCUT2D eigenvalue weighted by atomic mass is 10.1. The Hall–Kier alpha value is -1.03. The molecule has 0 aromatic heterocycles. The highest BCUT2D eigenvalue weighted by Crippen LogP contribution is 2.23. The van der Waals surface area contributed by atoms with Gasteiger partial charge in [0.05, 0.1) is 12.5 Å². The fourth-order valence-corrected chi connectivity index (χ4v) is 0.906. The standard InChI is InChI=1S/C6H8O4/c7-2-3-1-4(8)6(10)5(3)9/h3,7-8,10H,1-2H2. The quantitative estimate of drug-likeness (QED) is 0.480. The van der Waals surface area contributed by atoms with Crippen LogP contribution in [0.4, 0.5) is 0 Å². The van der Waals surface area contributed by atoms with Crippen molar-refractivity contribution in [3.05, 3.63) is 11.5 Å². The summed E-state index contributed by atoms with van der Waals surface area (Å²) in [7, 11) is 0. The van der Waals surface area contributed by atoms with Crippen molar-refractivity contribution in [3.63, 3.8) is 0 Å². The molecule has 0 saturated heterocycles. The molecule has 0 fully saturated rings. The topological polar surface area (TPSA) is 77.8 Å². The van der Waals surface area contributed by atoms with Crippen molar-refractivity contribution in [2.24, 2.45) is 5.92 Å². The second-order valence-electron chi connectivity index (χ2n) is 2.24. The third-order valence-corrected chi connectivity index (χ3v) is 1.54. The van der Waals surface area contributed by atoms with E-state index in [0.29, 0.717) is 0 Å². The van der Waals surface area contributed by atoms with Gasteiger partial charge in [-0.05, 0) is 0 Å². The predicted molar refractivity (Wildman–Crippen MR) is 32.5 cm³/mol. The molecule has 0 saturated carbocycles. The van der Waals surface area contributed by atoms with Crippen LogP contribution in [0.5, 0.6) is 0 Å². The van der Waals surface area contributed by atoms with Gasteiger partial charge in [0.1, 0.15) is 5.76 Å². The van der Waals surface area contributed by atoms with Crippen molar-refractivity contribution in [3.8, 4) is 0 Å². The normalized spacial score (nSPS) is 26.1. The van der Waals surface area contributed by atoms with Gasteiger partial charge in [0, 0.05) is 6.42 Å². The molecule has 10 heavy (non-hydrogen) atoms. The molecule has 4 heteroatoms. The van der Waals surface area contributed by atoms with Crippen LogP contribution in [0.2, 0.25) is 0 Å².